The number of nitrogens with one attached hydrogen (secondary N) is 1. The molecule has 5 nitrogen and oxygen atoms in total. The minimum Gasteiger partial charge on any atom is -0.454 e. The summed E-state index contributed by atoms with van der Waals surface area (Å²) in [6.45, 7) is 4.66. The molecule has 2 aromatic carbocycles. The number of ether oxygens (including phenoxy) is 2. The lowest BCUT2D eigenvalue weighted by atomic mass is 10.0. The SMILES string of the molecule is Br.CC(C)c1ccc(-c2csc(N/N=C/c3ccc4c(c3)OCO4)n2)cc1. The van der Waals surface area contributed by atoms with Crippen LogP contribution in [-0.4, -0.2) is 18.0 Å². The van der Waals surface area contributed by atoms with Crippen LogP contribution in [0.25, 0.3) is 11.3 Å². The van der Waals surface area contributed by atoms with Crippen LogP contribution >= 0.6 is 28.3 Å². The highest BCUT2D eigenvalue weighted by Gasteiger charge is 2.12. The number of hydrazone groups is 1. The molecule has 0 atom stereocenters. The number of rotatable bonds is 5. The summed E-state index contributed by atoms with van der Waals surface area (Å²) in [4.78, 5) is 4.59. The lowest BCUT2D eigenvalue weighted by molar-refractivity contribution is 0.174. The third-order valence-electron chi connectivity index (χ3n) is 4.15. The smallest absolute Gasteiger partial charge is 0.231 e. The molecule has 0 saturated heterocycles. The van der Waals surface area contributed by atoms with Crippen molar-refractivity contribution in [1.82, 2.24) is 4.98 Å². The Hall–Kier alpha value is -2.38. The van der Waals surface area contributed by atoms with Crippen LogP contribution in [0.5, 0.6) is 11.5 Å². The summed E-state index contributed by atoms with van der Waals surface area (Å²) in [7, 11) is 0. The van der Waals surface area contributed by atoms with E-state index in [1.54, 1.807) is 6.21 Å². The van der Waals surface area contributed by atoms with Crippen molar-refractivity contribution in [3.05, 3.63) is 59.0 Å². The van der Waals surface area contributed by atoms with Gasteiger partial charge in [-0.25, -0.2) is 4.98 Å². The van der Waals surface area contributed by atoms with Gasteiger partial charge in [0.15, 0.2) is 11.5 Å². The maximum Gasteiger partial charge on any atom is 0.231 e. The minimum atomic E-state index is 0. The molecular weight excluding hydrogens is 426 g/mol. The Morgan fingerprint density at radius 2 is 1.89 bits per heavy atom. The maximum atomic E-state index is 5.36. The molecule has 140 valence electrons. The van der Waals surface area contributed by atoms with Crippen LogP contribution in [-0.2, 0) is 0 Å². The highest BCUT2D eigenvalue weighted by atomic mass is 79.9. The van der Waals surface area contributed by atoms with E-state index in [0.29, 0.717) is 5.92 Å². The number of hydrogen-bond donors (Lipinski definition) is 1. The third-order valence-corrected chi connectivity index (χ3v) is 4.89. The summed E-state index contributed by atoms with van der Waals surface area (Å²) in [6, 6.07) is 14.3. The molecule has 0 spiro atoms. The molecule has 1 aliphatic rings. The molecule has 4 rings (SSSR count). The number of anilines is 1. The lowest BCUT2D eigenvalue weighted by Crippen LogP contribution is -1.93. The van der Waals surface area contributed by atoms with E-state index in [-0.39, 0.29) is 23.8 Å². The molecule has 0 amide bonds. The summed E-state index contributed by atoms with van der Waals surface area (Å²) in [5, 5.41) is 7.04. The quantitative estimate of drug-likeness (QED) is 0.404. The average molecular weight is 446 g/mol. The van der Waals surface area contributed by atoms with Gasteiger partial charge in [0.2, 0.25) is 11.9 Å². The topological polar surface area (TPSA) is 55.7 Å². The van der Waals surface area contributed by atoms with E-state index in [4.69, 9.17) is 9.47 Å². The molecule has 1 aromatic heterocycles. The first-order valence-corrected chi connectivity index (χ1v) is 9.31. The van der Waals surface area contributed by atoms with Crippen LogP contribution in [0.15, 0.2) is 52.9 Å². The number of benzene rings is 2. The van der Waals surface area contributed by atoms with E-state index in [2.05, 4.69) is 53.6 Å². The minimum absolute atomic E-state index is 0. The number of halogens is 1. The van der Waals surface area contributed by atoms with Crippen molar-refractivity contribution in [1.29, 1.82) is 0 Å². The summed E-state index contributed by atoms with van der Waals surface area (Å²) in [6.07, 6.45) is 1.74. The fourth-order valence-corrected chi connectivity index (χ4v) is 3.32. The second-order valence-corrected chi connectivity index (χ2v) is 7.16. The lowest BCUT2D eigenvalue weighted by Gasteiger charge is -2.05. The number of aromatic nitrogens is 1. The molecule has 1 N–H and O–H groups in total. The summed E-state index contributed by atoms with van der Waals surface area (Å²) in [5.41, 5.74) is 7.31. The highest BCUT2D eigenvalue weighted by Crippen LogP contribution is 2.32. The largest absolute Gasteiger partial charge is 0.454 e. The number of hydrogen-bond acceptors (Lipinski definition) is 6. The standard InChI is InChI=1S/C20H19N3O2S.BrH/c1-13(2)15-4-6-16(7-5-15)17-11-26-20(22-17)23-21-10-14-3-8-18-19(9-14)25-12-24-18;/h3-11,13H,12H2,1-2H3,(H,22,23);1H/b21-10+;. The fraction of sp³-hybridized carbons (Fsp3) is 0.200. The first-order chi connectivity index (χ1) is 12.7. The van der Waals surface area contributed by atoms with Crippen molar-refractivity contribution >= 4 is 39.7 Å². The van der Waals surface area contributed by atoms with Gasteiger partial charge in [-0.3, -0.25) is 5.43 Å². The van der Waals surface area contributed by atoms with Gasteiger partial charge in [0.25, 0.3) is 0 Å². The molecule has 2 heterocycles. The van der Waals surface area contributed by atoms with Crippen molar-refractivity contribution in [3.63, 3.8) is 0 Å². The van der Waals surface area contributed by atoms with Crippen LogP contribution in [0, 0.1) is 0 Å². The monoisotopic (exact) mass is 445 g/mol. The Morgan fingerprint density at radius 3 is 2.67 bits per heavy atom. The van der Waals surface area contributed by atoms with Gasteiger partial charge in [0.05, 0.1) is 11.9 Å². The molecular formula is C20H20BrN3O2S. The predicted molar refractivity (Wildman–Crippen MR) is 116 cm³/mol. The van der Waals surface area contributed by atoms with Gasteiger partial charge in [0, 0.05) is 10.9 Å². The molecule has 0 unspecified atom stereocenters. The molecule has 0 bridgehead atoms. The van der Waals surface area contributed by atoms with Crippen LogP contribution in [0.1, 0.15) is 30.9 Å². The van der Waals surface area contributed by atoms with Gasteiger partial charge >= 0.3 is 0 Å². The Labute approximate surface area is 172 Å². The first-order valence-electron chi connectivity index (χ1n) is 8.43. The van der Waals surface area contributed by atoms with E-state index >= 15 is 0 Å². The van der Waals surface area contributed by atoms with Gasteiger partial charge < -0.3 is 9.47 Å². The van der Waals surface area contributed by atoms with E-state index < -0.39 is 0 Å². The molecule has 0 saturated carbocycles. The molecule has 3 aromatic rings. The van der Waals surface area contributed by atoms with Gasteiger partial charge in [-0.15, -0.1) is 28.3 Å². The van der Waals surface area contributed by atoms with E-state index in [1.165, 1.54) is 16.9 Å². The molecule has 0 radical (unpaired) electrons. The van der Waals surface area contributed by atoms with Crippen molar-refractivity contribution in [3.8, 4) is 22.8 Å². The Morgan fingerprint density at radius 1 is 1.11 bits per heavy atom. The second kappa shape index (κ2) is 8.54. The molecule has 0 aliphatic carbocycles. The average Bonchev–Trinajstić information content (AvgIpc) is 3.30. The maximum absolute atomic E-state index is 5.36. The highest BCUT2D eigenvalue weighted by molar-refractivity contribution is 8.93. The van der Waals surface area contributed by atoms with Crippen molar-refractivity contribution in [2.45, 2.75) is 19.8 Å². The van der Waals surface area contributed by atoms with Crippen LogP contribution < -0.4 is 14.9 Å². The molecule has 7 heteroatoms. The van der Waals surface area contributed by atoms with Gasteiger partial charge in [-0.1, -0.05) is 38.1 Å². The number of thiazole rings is 1. The Balaban J connectivity index is 0.00000210. The normalized spacial score (nSPS) is 12.4. The van der Waals surface area contributed by atoms with Crippen molar-refractivity contribution in [2.24, 2.45) is 5.10 Å². The predicted octanol–water partition coefficient (Wildman–Crippen LogP) is 5.69. The molecule has 27 heavy (non-hydrogen) atoms. The first kappa shape index (κ1) is 19.4. The Kier molecular flexibility index (Phi) is 6.13. The van der Waals surface area contributed by atoms with E-state index in [1.807, 2.05) is 23.6 Å². The molecule has 0 fully saturated rings. The van der Waals surface area contributed by atoms with Crippen LogP contribution in [0.3, 0.4) is 0 Å². The van der Waals surface area contributed by atoms with E-state index in [9.17, 15) is 0 Å². The van der Waals surface area contributed by atoms with Crippen molar-refractivity contribution in [2.75, 3.05) is 12.2 Å². The molecule has 1 aliphatic heterocycles. The second-order valence-electron chi connectivity index (χ2n) is 6.30. The zero-order valence-electron chi connectivity index (χ0n) is 15.0. The summed E-state index contributed by atoms with van der Waals surface area (Å²) >= 11 is 1.53. The van der Waals surface area contributed by atoms with Crippen LogP contribution in [0.4, 0.5) is 5.13 Å². The van der Waals surface area contributed by atoms with Gasteiger partial charge in [0.1, 0.15) is 0 Å². The van der Waals surface area contributed by atoms with Crippen molar-refractivity contribution < 1.29 is 9.47 Å². The third kappa shape index (κ3) is 4.48. The fourth-order valence-electron chi connectivity index (χ4n) is 2.65. The van der Waals surface area contributed by atoms with Crippen LogP contribution in [0.2, 0.25) is 0 Å². The van der Waals surface area contributed by atoms with E-state index in [0.717, 1.165) is 33.5 Å². The number of fused-ring (bicyclic) bond motifs is 1. The zero-order valence-corrected chi connectivity index (χ0v) is 17.5. The van der Waals surface area contributed by atoms with Gasteiger partial charge in [-0.05, 0) is 35.2 Å². The summed E-state index contributed by atoms with van der Waals surface area (Å²) in [5.74, 6) is 2.04. The summed E-state index contributed by atoms with van der Waals surface area (Å²) < 4.78 is 10.7. The number of nitrogens with zero attached hydrogens (tertiary/aromatic N) is 2. The van der Waals surface area contributed by atoms with Gasteiger partial charge in [-0.2, -0.15) is 5.10 Å². The zero-order chi connectivity index (χ0) is 17.9. The Bertz CT molecular complexity index is 939.